The number of fused-ring (bicyclic) bond motifs is 2. The van der Waals surface area contributed by atoms with Crippen LogP contribution in [0.3, 0.4) is 0 Å². The Labute approximate surface area is 159 Å². The van der Waals surface area contributed by atoms with Crippen molar-refractivity contribution in [1.82, 2.24) is 15.5 Å². The number of guanidine groups is 1. The maximum Gasteiger partial charge on any atom is 0.191 e. The summed E-state index contributed by atoms with van der Waals surface area (Å²) < 4.78 is 6.15. The first kappa shape index (κ1) is 18.5. The van der Waals surface area contributed by atoms with E-state index in [-0.39, 0.29) is 0 Å². The summed E-state index contributed by atoms with van der Waals surface area (Å²) in [4.78, 5) is 7.40. The molecule has 2 saturated heterocycles. The molecule has 4 aliphatic rings. The zero-order chi connectivity index (χ0) is 18.3. The van der Waals surface area contributed by atoms with E-state index < -0.39 is 0 Å². The molecule has 26 heavy (non-hydrogen) atoms. The normalized spacial score (nSPS) is 39.4. The summed E-state index contributed by atoms with van der Waals surface area (Å²) in [6.45, 7) is 13.2. The van der Waals surface area contributed by atoms with E-state index in [2.05, 4.69) is 43.2 Å². The zero-order valence-corrected chi connectivity index (χ0v) is 17.1. The molecular formula is C21H38N4O. The fourth-order valence-corrected chi connectivity index (χ4v) is 6.13. The molecular weight excluding hydrogens is 324 g/mol. The molecule has 4 fully saturated rings. The van der Waals surface area contributed by atoms with Crippen LogP contribution in [0.5, 0.6) is 0 Å². The number of hydrogen-bond donors (Lipinski definition) is 2. The highest BCUT2D eigenvalue weighted by molar-refractivity contribution is 5.81. The third-order valence-electron chi connectivity index (χ3n) is 7.59. The number of rotatable bonds is 4. The van der Waals surface area contributed by atoms with Crippen molar-refractivity contribution in [2.24, 2.45) is 22.2 Å². The van der Waals surface area contributed by atoms with E-state index in [1.165, 1.54) is 38.6 Å². The van der Waals surface area contributed by atoms with Gasteiger partial charge >= 0.3 is 0 Å². The Kier molecular flexibility index (Phi) is 5.21. The molecule has 5 atom stereocenters. The number of nitrogens with one attached hydrogen (secondary N) is 2. The van der Waals surface area contributed by atoms with Crippen LogP contribution in [-0.4, -0.2) is 61.3 Å². The standard InChI is InChI=1S/C21H38N4O/c1-5-22-20(23-17-13-25(14(2)3)12-15(17)4)24-18-16-8-11-26-19(16)21(18)9-6-7-10-21/h14-19H,5-13H2,1-4H3,(H2,22,23,24). The molecule has 2 aliphatic heterocycles. The number of aliphatic imine (C=N–C) groups is 1. The van der Waals surface area contributed by atoms with E-state index in [4.69, 9.17) is 9.73 Å². The first-order chi connectivity index (χ1) is 12.5. The highest BCUT2D eigenvalue weighted by atomic mass is 16.5. The summed E-state index contributed by atoms with van der Waals surface area (Å²) in [6, 6.07) is 1.66. The van der Waals surface area contributed by atoms with Gasteiger partial charge in [-0.25, -0.2) is 0 Å². The van der Waals surface area contributed by atoms with Gasteiger partial charge in [-0.3, -0.25) is 9.89 Å². The lowest BCUT2D eigenvalue weighted by molar-refractivity contribution is -0.125. The first-order valence-corrected chi connectivity index (χ1v) is 11.0. The van der Waals surface area contributed by atoms with Crippen LogP contribution in [0, 0.1) is 17.3 Å². The fourth-order valence-electron chi connectivity index (χ4n) is 6.13. The molecule has 1 spiro atoms. The van der Waals surface area contributed by atoms with Crippen LogP contribution in [0.15, 0.2) is 4.99 Å². The molecule has 2 aliphatic carbocycles. The van der Waals surface area contributed by atoms with E-state index in [1.54, 1.807) is 0 Å². The molecule has 5 nitrogen and oxygen atoms in total. The maximum absolute atomic E-state index is 6.15. The van der Waals surface area contributed by atoms with Crippen LogP contribution in [0.25, 0.3) is 0 Å². The van der Waals surface area contributed by atoms with Gasteiger partial charge in [0.25, 0.3) is 0 Å². The summed E-state index contributed by atoms with van der Waals surface area (Å²) in [7, 11) is 0. The second-order valence-electron chi connectivity index (χ2n) is 9.40. The van der Waals surface area contributed by atoms with Gasteiger partial charge in [0.1, 0.15) is 0 Å². The van der Waals surface area contributed by atoms with Crippen molar-refractivity contribution in [2.45, 2.75) is 84.0 Å². The maximum atomic E-state index is 6.15. The topological polar surface area (TPSA) is 48.9 Å². The molecule has 5 heteroatoms. The van der Waals surface area contributed by atoms with Crippen LogP contribution in [0.1, 0.15) is 59.8 Å². The van der Waals surface area contributed by atoms with E-state index in [9.17, 15) is 0 Å². The number of hydrogen-bond acceptors (Lipinski definition) is 3. The minimum atomic E-state index is 0.378. The molecule has 0 amide bonds. The summed E-state index contributed by atoms with van der Waals surface area (Å²) in [5.74, 6) is 2.38. The Balaban J connectivity index is 1.44. The Morgan fingerprint density at radius 1 is 1.23 bits per heavy atom. The van der Waals surface area contributed by atoms with Crippen molar-refractivity contribution in [3.63, 3.8) is 0 Å². The van der Waals surface area contributed by atoms with Crippen LogP contribution in [0.4, 0.5) is 0 Å². The van der Waals surface area contributed by atoms with Crippen LogP contribution < -0.4 is 10.6 Å². The summed E-state index contributed by atoms with van der Waals surface area (Å²) >= 11 is 0. The summed E-state index contributed by atoms with van der Waals surface area (Å²) in [5, 5.41) is 7.68. The van der Waals surface area contributed by atoms with E-state index in [0.29, 0.717) is 41.5 Å². The zero-order valence-electron chi connectivity index (χ0n) is 17.1. The van der Waals surface area contributed by atoms with Crippen molar-refractivity contribution in [2.75, 3.05) is 26.2 Å². The molecule has 148 valence electrons. The number of likely N-dealkylation sites (tertiary alicyclic amines) is 1. The SMILES string of the molecule is CCN=C(NC1CN(C(C)C)CC1C)NC1C2CCOC2C12CCCC2. The summed E-state index contributed by atoms with van der Waals surface area (Å²) in [6.07, 6.45) is 7.10. The third-order valence-corrected chi connectivity index (χ3v) is 7.59. The van der Waals surface area contributed by atoms with E-state index in [1.807, 2.05) is 0 Å². The molecule has 4 rings (SSSR count). The van der Waals surface area contributed by atoms with Crippen LogP contribution in [-0.2, 0) is 4.74 Å². The molecule has 0 aromatic rings. The highest BCUT2D eigenvalue weighted by Gasteiger charge is 2.65. The smallest absolute Gasteiger partial charge is 0.191 e. The van der Waals surface area contributed by atoms with E-state index in [0.717, 1.165) is 25.7 Å². The monoisotopic (exact) mass is 362 g/mol. The van der Waals surface area contributed by atoms with Gasteiger partial charge in [0.15, 0.2) is 5.96 Å². The molecule has 2 N–H and O–H groups in total. The molecule has 0 aromatic heterocycles. The number of nitrogens with zero attached hydrogens (tertiary/aromatic N) is 2. The van der Waals surface area contributed by atoms with Gasteiger partial charge in [-0.1, -0.05) is 19.8 Å². The molecule has 0 radical (unpaired) electrons. The minimum Gasteiger partial charge on any atom is -0.377 e. The Morgan fingerprint density at radius 2 is 2.00 bits per heavy atom. The second kappa shape index (κ2) is 7.31. The molecule has 0 bridgehead atoms. The van der Waals surface area contributed by atoms with Crippen molar-refractivity contribution >= 4 is 5.96 Å². The number of ether oxygens (including phenoxy) is 1. The predicted octanol–water partition coefficient (Wildman–Crippen LogP) is 2.62. The van der Waals surface area contributed by atoms with Crippen molar-refractivity contribution in [3.05, 3.63) is 0 Å². The Bertz CT molecular complexity index is 528. The van der Waals surface area contributed by atoms with Gasteiger partial charge < -0.3 is 15.4 Å². The van der Waals surface area contributed by atoms with Gasteiger partial charge in [-0.2, -0.15) is 0 Å². The van der Waals surface area contributed by atoms with Crippen LogP contribution >= 0.6 is 0 Å². The third kappa shape index (κ3) is 3.05. The highest BCUT2D eigenvalue weighted by Crippen LogP contribution is 2.60. The van der Waals surface area contributed by atoms with Gasteiger partial charge in [0.05, 0.1) is 6.10 Å². The average Bonchev–Trinajstić information content (AvgIpc) is 3.32. The average molecular weight is 363 g/mol. The lowest BCUT2D eigenvalue weighted by Gasteiger charge is -2.57. The lowest BCUT2D eigenvalue weighted by Crippen LogP contribution is -2.69. The van der Waals surface area contributed by atoms with Gasteiger partial charge in [-0.05, 0) is 46.0 Å². The molecule has 0 aromatic carbocycles. The Hall–Kier alpha value is -0.810. The van der Waals surface area contributed by atoms with Crippen molar-refractivity contribution in [3.8, 4) is 0 Å². The van der Waals surface area contributed by atoms with Gasteiger partial charge in [-0.15, -0.1) is 0 Å². The van der Waals surface area contributed by atoms with Crippen LogP contribution in [0.2, 0.25) is 0 Å². The van der Waals surface area contributed by atoms with E-state index >= 15 is 0 Å². The molecule has 5 unspecified atom stereocenters. The lowest BCUT2D eigenvalue weighted by atomic mass is 9.54. The minimum absolute atomic E-state index is 0.378. The molecule has 2 saturated carbocycles. The largest absolute Gasteiger partial charge is 0.377 e. The quantitative estimate of drug-likeness (QED) is 0.596. The first-order valence-electron chi connectivity index (χ1n) is 11.0. The predicted molar refractivity (Wildman–Crippen MR) is 106 cm³/mol. The van der Waals surface area contributed by atoms with Crippen molar-refractivity contribution in [1.29, 1.82) is 0 Å². The second-order valence-corrected chi connectivity index (χ2v) is 9.40. The van der Waals surface area contributed by atoms with Gasteiger partial charge in [0, 0.05) is 55.7 Å². The van der Waals surface area contributed by atoms with Crippen molar-refractivity contribution < 1.29 is 4.74 Å². The summed E-state index contributed by atoms with van der Waals surface area (Å²) in [5.41, 5.74) is 0.378. The Morgan fingerprint density at radius 3 is 2.65 bits per heavy atom. The molecule has 2 heterocycles. The van der Waals surface area contributed by atoms with Gasteiger partial charge in [0.2, 0.25) is 0 Å². The fraction of sp³-hybridized carbons (Fsp3) is 0.952.